The summed E-state index contributed by atoms with van der Waals surface area (Å²) in [4.78, 5) is 25.8. The zero-order valence-electron chi connectivity index (χ0n) is 16.7. The molecule has 0 spiro atoms. The lowest BCUT2D eigenvalue weighted by atomic mass is 10.1. The number of amides is 1. The number of rotatable bonds is 4. The third-order valence-electron chi connectivity index (χ3n) is 5.66. The number of benzene rings is 2. The summed E-state index contributed by atoms with van der Waals surface area (Å²) in [5, 5.41) is 0. The van der Waals surface area contributed by atoms with E-state index in [9.17, 15) is 4.79 Å². The zero-order valence-corrected chi connectivity index (χ0v) is 16.7. The van der Waals surface area contributed by atoms with E-state index in [0.717, 1.165) is 55.0 Å². The number of nitrogens with zero attached hydrogens (tertiary/aromatic N) is 5. The van der Waals surface area contributed by atoms with Crippen LogP contribution in [-0.4, -0.2) is 56.4 Å². The molecule has 2 aromatic carbocycles. The summed E-state index contributed by atoms with van der Waals surface area (Å²) in [7, 11) is 0. The number of piperazine rings is 1. The molecule has 1 aliphatic heterocycles. The molecule has 150 valence electrons. The Hall–Kier alpha value is -3.51. The molecule has 1 amide bonds. The molecular weight excluding hydrogens is 374 g/mol. The molecule has 5 rings (SSSR count). The van der Waals surface area contributed by atoms with E-state index in [2.05, 4.69) is 14.9 Å². The highest BCUT2D eigenvalue weighted by atomic mass is 16.2. The summed E-state index contributed by atoms with van der Waals surface area (Å²) in [5.74, 6) is 0.0978. The quantitative estimate of drug-likeness (QED) is 0.530. The standard InChI is InChI=1S/C24H23N5O/c30-24(28-15-13-27(14-16-28)17-19-9-11-25-12-10-19)20-5-7-21(8-6-20)29-18-26-22-3-1-2-4-23(22)29/h1-12,18H,13-17H2. The van der Waals surface area contributed by atoms with E-state index in [4.69, 9.17) is 0 Å². The van der Waals surface area contributed by atoms with Crippen LogP contribution < -0.4 is 0 Å². The van der Waals surface area contributed by atoms with Crippen LogP contribution in [0.1, 0.15) is 15.9 Å². The number of hydrogen-bond acceptors (Lipinski definition) is 4. The predicted octanol–water partition coefficient (Wildman–Crippen LogP) is 3.38. The Kier molecular flexibility index (Phi) is 4.99. The molecule has 0 unspecified atom stereocenters. The average molecular weight is 397 g/mol. The van der Waals surface area contributed by atoms with Crippen molar-refractivity contribution in [3.63, 3.8) is 0 Å². The second-order valence-corrected chi connectivity index (χ2v) is 7.57. The molecule has 0 radical (unpaired) electrons. The number of hydrogen-bond donors (Lipinski definition) is 0. The highest BCUT2D eigenvalue weighted by molar-refractivity contribution is 5.94. The highest BCUT2D eigenvalue weighted by Gasteiger charge is 2.22. The summed E-state index contributed by atoms with van der Waals surface area (Å²) >= 11 is 0. The van der Waals surface area contributed by atoms with Crippen LogP contribution in [-0.2, 0) is 6.54 Å². The van der Waals surface area contributed by atoms with Crippen LogP contribution in [0.5, 0.6) is 0 Å². The Morgan fingerprint density at radius 3 is 2.37 bits per heavy atom. The molecule has 2 aromatic heterocycles. The Morgan fingerprint density at radius 2 is 1.60 bits per heavy atom. The zero-order chi connectivity index (χ0) is 20.3. The lowest BCUT2D eigenvalue weighted by molar-refractivity contribution is 0.0628. The van der Waals surface area contributed by atoms with Crippen LogP contribution in [0.3, 0.4) is 0 Å². The number of aromatic nitrogens is 3. The molecule has 1 aliphatic rings. The van der Waals surface area contributed by atoms with E-state index < -0.39 is 0 Å². The molecule has 0 aliphatic carbocycles. The second kappa shape index (κ2) is 8.08. The van der Waals surface area contributed by atoms with Crippen molar-refractivity contribution in [1.29, 1.82) is 0 Å². The second-order valence-electron chi connectivity index (χ2n) is 7.57. The molecule has 30 heavy (non-hydrogen) atoms. The van der Waals surface area contributed by atoms with Crippen molar-refractivity contribution in [1.82, 2.24) is 24.3 Å². The first-order chi connectivity index (χ1) is 14.8. The van der Waals surface area contributed by atoms with Gasteiger partial charge in [-0.1, -0.05) is 12.1 Å². The Balaban J connectivity index is 1.24. The molecule has 3 heterocycles. The molecular formula is C24H23N5O. The van der Waals surface area contributed by atoms with Gasteiger partial charge in [0.15, 0.2) is 0 Å². The normalized spacial score (nSPS) is 14.9. The van der Waals surface area contributed by atoms with Crippen molar-refractivity contribution in [3.8, 4) is 5.69 Å². The number of carbonyl (C=O) groups is 1. The maximum absolute atomic E-state index is 13.0. The number of fused-ring (bicyclic) bond motifs is 1. The fourth-order valence-electron chi connectivity index (χ4n) is 3.97. The van der Waals surface area contributed by atoms with E-state index in [1.165, 1.54) is 5.56 Å². The van der Waals surface area contributed by atoms with E-state index in [-0.39, 0.29) is 5.91 Å². The number of para-hydroxylation sites is 2. The fraction of sp³-hybridized carbons (Fsp3) is 0.208. The smallest absolute Gasteiger partial charge is 0.253 e. The molecule has 6 heteroatoms. The fourth-order valence-corrected chi connectivity index (χ4v) is 3.97. The minimum Gasteiger partial charge on any atom is -0.336 e. The summed E-state index contributed by atoms with van der Waals surface area (Å²) in [6.45, 7) is 4.16. The van der Waals surface area contributed by atoms with Crippen molar-refractivity contribution < 1.29 is 4.79 Å². The monoisotopic (exact) mass is 397 g/mol. The molecule has 1 saturated heterocycles. The first-order valence-electron chi connectivity index (χ1n) is 10.2. The van der Waals surface area contributed by atoms with E-state index in [1.54, 1.807) is 0 Å². The number of pyridine rings is 1. The largest absolute Gasteiger partial charge is 0.336 e. The minimum absolute atomic E-state index is 0.0978. The van der Waals surface area contributed by atoms with Crippen molar-refractivity contribution in [2.75, 3.05) is 26.2 Å². The number of imidazole rings is 1. The molecule has 0 bridgehead atoms. The minimum atomic E-state index is 0.0978. The van der Waals surface area contributed by atoms with E-state index in [1.807, 2.05) is 88.9 Å². The van der Waals surface area contributed by atoms with E-state index >= 15 is 0 Å². The van der Waals surface area contributed by atoms with Gasteiger partial charge in [0.1, 0.15) is 6.33 Å². The molecule has 1 fully saturated rings. The van der Waals surface area contributed by atoms with Gasteiger partial charge in [-0.2, -0.15) is 0 Å². The van der Waals surface area contributed by atoms with Gasteiger partial charge in [-0.3, -0.25) is 19.2 Å². The van der Waals surface area contributed by atoms with Crippen LogP contribution in [0.2, 0.25) is 0 Å². The summed E-state index contributed by atoms with van der Waals surface area (Å²) in [6.07, 6.45) is 5.47. The van der Waals surface area contributed by atoms with Gasteiger partial charge in [0.25, 0.3) is 5.91 Å². The first-order valence-corrected chi connectivity index (χ1v) is 10.2. The first kappa shape index (κ1) is 18.5. The molecule has 0 saturated carbocycles. The molecule has 6 nitrogen and oxygen atoms in total. The highest BCUT2D eigenvalue weighted by Crippen LogP contribution is 2.19. The van der Waals surface area contributed by atoms with Crippen molar-refractivity contribution in [3.05, 3.63) is 90.5 Å². The van der Waals surface area contributed by atoms with Crippen LogP contribution >= 0.6 is 0 Å². The van der Waals surface area contributed by atoms with Gasteiger partial charge in [-0.15, -0.1) is 0 Å². The van der Waals surface area contributed by atoms with Gasteiger partial charge in [-0.25, -0.2) is 4.98 Å². The van der Waals surface area contributed by atoms with Gasteiger partial charge >= 0.3 is 0 Å². The SMILES string of the molecule is O=C(c1ccc(-n2cnc3ccccc32)cc1)N1CCN(Cc2ccncc2)CC1. The Labute approximate surface area is 175 Å². The summed E-state index contributed by atoms with van der Waals surface area (Å²) in [6, 6.07) is 19.9. The van der Waals surface area contributed by atoms with Gasteiger partial charge in [0.2, 0.25) is 0 Å². The van der Waals surface area contributed by atoms with Crippen LogP contribution in [0.15, 0.2) is 79.4 Å². The molecule has 0 N–H and O–H groups in total. The third-order valence-corrected chi connectivity index (χ3v) is 5.66. The topological polar surface area (TPSA) is 54.3 Å². The van der Waals surface area contributed by atoms with E-state index in [0.29, 0.717) is 0 Å². The summed E-state index contributed by atoms with van der Waals surface area (Å²) < 4.78 is 2.04. The van der Waals surface area contributed by atoms with Crippen molar-refractivity contribution in [2.45, 2.75) is 6.54 Å². The van der Waals surface area contributed by atoms with Crippen LogP contribution in [0.4, 0.5) is 0 Å². The lowest BCUT2D eigenvalue weighted by Crippen LogP contribution is -2.48. The van der Waals surface area contributed by atoms with Crippen LogP contribution in [0.25, 0.3) is 16.7 Å². The predicted molar refractivity (Wildman–Crippen MR) is 116 cm³/mol. The molecule has 4 aromatic rings. The summed E-state index contributed by atoms with van der Waals surface area (Å²) in [5.41, 5.74) is 5.00. The number of carbonyl (C=O) groups excluding carboxylic acids is 1. The van der Waals surface area contributed by atoms with Gasteiger partial charge < -0.3 is 4.90 Å². The van der Waals surface area contributed by atoms with Crippen molar-refractivity contribution >= 4 is 16.9 Å². The Morgan fingerprint density at radius 1 is 0.867 bits per heavy atom. The van der Waals surface area contributed by atoms with Gasteiger partial charge in [0.05, 0.1) is 11.0 Å². The lowest BCUT2D eigenvalue weighted by Gasteiger charge is -2.34. The third kappa shape index (κ3) is 3.69. The van der Waals surface area contributed by atoms with Crippen molar-refractivity contribution in [2.24, 2.45) is 0 Å². The van der Waals surface area contributed by atoms with Gasteiger partial charge in [-0.05, 0) is 54.1 Å². The van der Waals surface area contributed by atoms with Crippen LogP contribution in [0, 0.1) is 0 Å². The average Bonchev–Trinajstić information content (AvgIpc) is 3.24. The maximum atomic E-state index is 13.0. The maximum Gasteiger partial charge on any atom is 0.253 e. The van der Waals surface area contributed by atoms with Gasteiger partial charge in [0, 0.05) is 56.4 Å². The molecule has 0 atom stereocenters. The Bertz CT molecular complexity index is 1150.